The standard InChI is InChI=1S/C13H13ClN4.C10H15N3/c1-8(2)13-12(7-16-18-13)17-9(3)10-4-11(14)6-15-5-10;1-9-2-3-10(12-8-9)13-6-4-11-5-7-13/h4-7,17H,1,3H2,2H3,(H,16,18);2-3,8,11H,4-7H2,1H3. The van der Waals surface area contributed by atoms with Gasteiger partial charge < -0.3 is 15.5 Å². The Kier molecular flexibility index (Phi) is 7.81. The van der Waals surface area contributed by atoms with Gasteiger partial charge in [0.2, 0.25) is 0 Å². The number of aromatic amines is 1. The largest absolute Gasteiger partial charge is 0.354 e. The average Bonchev–Trinajstić information content (AvgIpc) is 3.24. The van der Waals surface area contributed by atoms with E-state index in [1.54, 1.807) is 24.7 Å². The van der Waals surface area contributed by atoms with E-state index in [2.05, 4.69) is 67.9 Å². The number of hydrogen-bond donors (Lipinski definition) is 3. The van der Waals surface area contributed by atoms with Crippen molar-refractivity contribution in [1.82, 2.24) is 25.5 Å². The highest BCUT2D eigenvalue weighted by molar-refractivity contribution is 6.30. The number of aromatic nitrogens is 4. The van der Waals surface area contributed by atoms with Crippen LogP contribution in [0.2, 0.25) is 5.02 Å². The minimum Gasteiger partial charge on any atom is -0.354 e. The van der Waals surface area contributed by atoms with Crippen LogP contribution < -0.4 is 15.5 Å². The molecule has 1 fully saturated rings. The maximum absolute atomic E-state index is 5.89. The van der Waals surface area contributed by atoms with Gasteiger partial charge in [0.1, 0.15) is 5.82 Å². The second-order valence-corrected chi connectivity index (χ2v) is 7.80. The Morgan fingerprint density at radius 2 is 1.90 bits per heavy atom. The van der Waals surface area contributed by atoms with Gasteiger partial charge in [-0.05, 0) is 37.1 Å². The third kappa shape index (κ3) is 6.41. The first kappa shape index (κ1) is 22.5. The minimum atomic E-state index is 0.572. The van der Waals surface area contributed by atoms with Gasteiger partial charge >= 0.3 is 0 Å². The van der Waals surface area contributed by atoms with Crippen molar-refractivity contribution in [3.63, 3.8) is 0 Å². The molecule has 4 rings (SSSR count). The SMILES string of the molecule is C=C(Nc1cn[nH]c1C(=C)C)c1cncc(Cl)c1.Cc1ccc(N2CCNCC2)nc1. The summed E-state index contributed by atoms with van der Waals surface area (Å²) in [5, 5.41) is 13.9. The number of hydrogen-bond acceptors (Lipinski definition) is 6. The zero-order chi connectivity index (χ0) is 22.2. The molecule has 1 saturated heterocycles. The lowest BCUT2D eigenvalue weighted by Gasteiger charge is -2.28. The highest BCUT2D eigenvalue weighted by atomic mass is 35.5. The summed E-state index contributed by atoms with van der Waals surface area (Å²) in [6.45, 7) is 16.1. The molecular formula is C23H28ClN7. The number of anilines is 2. The summed E-state index contributed by atoms with van der Waals surface area (Å²) in [5.41, 5.74) is 5.33. The molecule has 0 bridgehead atoms. The molecule has 162 valence electrons. The molecule has 0 aromatic carbocycles. The van der Waals surface area contributed by atoms with Gasteiger partial charge in [0.25, 0.3) is 0 Å². The topological polar surface area (TPSA) is 81.8 Å². The molecule has 4 heterocycles. The van der Waals surface area contributed by atoms with Gasteiger partial charge in [-0.25, -0.2) is 4.98 Å². The first-order valence-corrected chi connectivity index (χ1v) is 10.5. The van der Waals surface area contributed by atoms with Crippen LogP contribution in [0.4, 0.5) is 11.5 Å². The second kappa shape index (κ2) is 10.7. The zero-order valence-corrected chi connectivity index (χ0v) is 18.7. The summed E-state index contributed by atoms with van der Waals surface area (Å²) in [6, 6.07) is 6.01. The van der Waals surface area contributed by atoms with Crippen molar-refractivity contribution in [3.8, 4) is 0 Å². The third-order valence-electron chi connectivity index (χ3n) is 4.74. The van der Waals surface area contributed by atoms with E-state index in [-0.39, 0.29) is 0 Å². The van der Waals surface area contributed by atoms with Gasteiger partial charge in [-0.2, -0.15) is 5.10 Å². The lowest BCUT2D eigenvalue weighted by atomic mass is 10.2. The fourth-order valence-corrected chi connectivity index (χ4v) is 3.23. The Morgan fingerprint density at radius 3 is 2.55 bits per heavy atom. The molecule has 1 aliphatic heterocycles. The molecule has 3 aromatic heterocycles. The van der Waals surface area contributed by atoms with E-state index >= 15 is 0 Å². The summed E-state index contributed by atoms with van der Waals surface area (Å²) in [5.74, 6) is 1.10. The number of H-pyrrole nitrogens is 1. The quantitative estimate of drug-likeness (QED) is 0.549. The Morgan fingerprint density at radius 1 is 1.13 bits per heavy atom. The van der Waals surface area contributed by atoms with Crippen molar-refractivity contribution in [1.29, 1.82) is 0 Å². The Bertz CT molecular complexity index is 1020. The van der Waals surface area contributed by atoms with Crippen LogP contribution >= 0.6 is 11.6 Å². The van der Waals surface area contributed by atoms with E-state index in [0.717, 1.165) is 54.5 Å². The van der Waals surface area contributed by atoms with Crippen LogP contribution in [-0.2, 0) is 0 Å². The normalized spacial score (nSPS) is 13.2. The van der Waals surface area contributed by atoms with Gasteiger partial charge in [0.15, 0.2) is 0 Å². The molecule has 0 aliphatic carbocycles. The van der Waals surface area contributed by atoms with E-state index in [4.69, 9.17) is 11.6 Å². The number of nitrogens with zero attached hydrogens (tertiary/aromatic N) is 4. The molecule has 8 heteroatoms. The number of piperazine rings is 1. The highest BCUT2D eigenvalue weighted by Crippen LogP contribution is 2.24. The number of pyridine rings is 2. The summed E-state index contributed by atoms with van der Waals surface area (Å²) >= 11 is 5.89. The van der Waals surface area contributed by atoms with Crippen LogP contribution in [-0.4, -0.2) is 46.3 Å². The molecule has 0 saturated carbocycles. The van der Waals surface area contributed by atoms with E-state index < -0.39 is 0 Å². The van der Waals surface area contributed by atoms with Gasteiger partial charge in [-0.15, -0.1) is 0 Å². The van der Waals surface area contributed by atoms with Crippen molar-refractivity contribution in [3.05, 3.63) is 78.0 Å². The van der Waals surface area contributed by atoms with E-state index in [1.807, 2.05) is 13.1 Å². The predicted octanol–water partition coefficient (Wildman–Crippen LogP) is 4.37. The van der Waals surface area contributed by atoms with Crippen molar-refractivity contribution in [2.45, 2.75) is 13.8 Å². The molecule has 1 aliphatic rings. The van der Waals surface area contributed by atoms with E-state index in [1.165, 1.54) is 5.56 Å². The third-order valence-corrected chi connectivity index (χ3v) is 4.95. The average molecular weight is 438 g/mol. The fraction of sp³-hybridized carbons (Fsp3) is 0.261. The molecule has 7 nitrogen and oxygen atoms in total. The number of halogens is 1. The Hall–Kier alpha value is -3.16. The van der Waals surface area contributed by atoms with Crippen LogP contribution in [0.15, 0.2) is 56.1 Å². The number of aryl methyl sites for hydroxylation is 1. The molecule has 0 unspecified atom stereocenters. The lowest BCUT2D eigenvalue weighted by Crippen LogP contribution is -2.43. The maximum atomic E-state index is 5.89. The predicted molar refractivity (Wildman–Crippen MR) is 129 cm³/mol. The maximum Gasteiger partial charge on any atom is 0.128 e. The number of nitrogens with one attached hydrogen (secondary N) is 3. The van der Waals surface area contributed by atoms with E-state index in [9.17, 15) is 0 Å². The van der Waals surface area contributed by atoms with Gasteiger partial charge in [0.05, 0.1) is 22.6 Å². The van der Waals surface area contributed by atoms with Crippen LogP contribution in [0.3, 0.4) is 0 Å². The van der Waals surface area contributed by atoms with Crippen LogP contribution in [0.25, 0.3) is 11.3 Å². The van der Waals surface area contributed by atoms with Crippen LogP contribution in [0.5, 0.6) is 0 Å². The molecule has 3 N–H and O–H groups in total. The molecule has 0 atom stereocenters. The first-order valence-electron chi connectivity index (χ1n) is 10.1. The fourth-order valence-electron chi connectivity index (χ4n) is 3.06. The Balaban J connectivity index is 0.000000185. The highest BCUT2D eigenvalue weighted by Gasteiger charge is 2.10. The van der Waals surface area contributed by atoms with Gasteiger partial charge in [-0.1, -0.05) is 30.8 Å². The van der Waals surface area contributed by atoms with Gasteiger partial charge in [0, 0.05) is 56.0 Å². The zero-order valence-electron chi connectivity index (χ0n) is 18.0. The molecule has 3 aromatic rings. The minimum absolute atomic E-state index is 0.572. The molecule has 0 radical (unpaired) electrons. The molecular weight excluding hydrogens is 410 g/mol. The summed E-state index contributed by atoms with van der Waals surface area (Å²) < 4.78 is 0. The van der Waals surface area contributed by atoms with Crippen LogP contribution in [0.1, 0.15) is 23.7 Å². The molecule has 0 amide bonds. The van der Waals surface area contributed by atoms with E-state index in [0.29, 0.717) is 10.7 Å². The first-order chi connectivity index (χ1) is 14.9. The summed E-state index contributed by atoms with van der Waals surface area (Å²) in [6.07, 6.45) is 6.89. The number of rotatable bonds is 5. The van der Waals surface area contributed by atoms with Crippen molar-refractivity contribution in [2.75, 3.05) is 36.4 Å². The summed E-state index contributed by atoms with van der Waals surface area (Å²) in [7, 11) is 0. The van der Waals surface area contributed by atoms with Crippen molar-refractivity contribution < 1.29 is 0 Å². The molecule has 0 spiro atoms. The monoisotopic (exact) mass is 437 g/mol. The van der Waals surface area contributed by atoms with Crippen molar-refractivity contribution >= 4 is 34.4 Å². The Labute approximate surface area is 188 Å². The van der Waals surface area contributed by atoms with Crippen molar-refractivity contribution in [2.24, 2.45) is 0 Å². The van der Waals surface area contributed by atoms with Crippen LogP contribution in [0, 0.1) is 6.92 Å². The number of allylic oxidation sites excluding steroid dienone is 1. The van der Waals surface area contributed by atoms with Gasteiger partial charge in [-0.3, -0.25) is 10.1 Å². The lowest BCUT2D eigenvalue weighted by molar-refractivity contribution is 0.585. The molecule has 31 heavy (non-hydrogen) atoms. The second-order valence-electron chi connectivity index (χ2n) is 7.37. The summed E-state index contributed by atoms with van der Waals surface area (Å²) in [4.78, 5) is 10.7. The smallest absolute Gasteiger partial charge is 0.128 e.